The van der Waals surface area contributed by atoms with Gasteiger partial charge in [-0.1, -0.05) is 12.6 Å². The van der Waals surface area contributed by atoms with Crippen LogP contribution in [-0.4, -0.2) is 17.9 Å². The summed E-state index contributed by atoms with van der Waals surface area (Å²) in [4.78, 5) is 16.2. The first-order valence-electron chi connectivity index (χ1n) is 5.41. The summed E-state index contributed by atoms with van der Waals surface area (Å²) < 4.78 is 0. The van der Waals surface area contributed by atoms with Crippen molar-refractivity contribution in [2.75, 3.05) is 7.05 Å². The van der Waals surface area contributed by atoms with Crippen molar-refractivity contribution in [1.29, 1.82) is 0 Å². The third-order valence-corrected chi connectivity index (χ3v) is 2.64. The fourth-order valence-corrected chi connectivity index (χ4v) is 1.73. The highest BCUT2D eigenvalue weighted by molar-refractivity contribution is 6.06. The van der Waals surface area contributed by atoms with E-state index in [1.807, 2.05) is 31.2 Å². The number of rotatable bonds is 2. The summed E-state index contributed by atoms with van der Waals surface area (Å²) in [6.45, 7) is 5.78. The molecule has 0 aliphatic heterocycles. The number of nitrogens with one attached hydrogen (secondary N) is 1. The molecule has 0 radical (unpaired) electrons. The summed E-state index contributed by atoms with van der Waals surface area (Å²) >= 11 is 0. The Balaban J connectivity index is 2.67. The Hall–Kier alpha value is -2.16. The molecule has 86 valence electrons. The normalized spacial score (nSPS) is 10.2. The minimum atomic E-state index is -0.0968. The molecule has 1 aromatic heterocycles. The van der Waals surface area contributed by atoms with Crippen LogP contribution in [0.2, 0.25) is 0 Å². The quantitative estimate of drug-likeness (QED) is 0.855. The van der Waals surface area contributed by atoms with Gasteiger partial charge in [0.15, 0.2) is 0 Å². The Morgan fingerprint density at radius 2 is 2.06 bits per heavy atom. The number of nitrogens with zero attached hydrogens (tertiary/aromatic N) is 1. The van der Waals surface area contributed by atoms with Crippen LogP contribution in [0.15, 0.2) is 36.9 Å². The van der Waals surface area contributed by atoms with Gasteiger partial charge in [0, 0.05) is 18.0 Å². The van der Waals surface area contributed by atoms with Gasteiger partial charge in [-0.25, -0.2) is 4.98 Å². The molecule has 2 rings (SSSR count). The average molecular weight is 226 g/mol. The molecular formula is C14H14N2O. The molecule has 0 fully saturated rings. The summed E-state index contributed by atoms with van der Waals surface area (Å²) in [6, 6.07) is 9.33. The Bertz CT molecular complexity index is 602. The highest BCUT2D eigenvalue weighted by atomic mass is 16.1. The van der Waals surface area contributed by atoms with Crippen molar-refractivity contribution in [2.45, 2.75) is 6.92 Å². The fraction of sp³-hybridized carbons (Fsp3) is 0.143. The summed E-state index contributed by atoms with van der Waals surface area (Å²) in [5.74, 6) is -0.0968. The highest BCUT2D eigenvalue weighted by Gasteiger charge is 2.09. The van der Waals surface area contributed by atoms with E-state index in [0.717, 1.165) is 22.2 Å². The molecule has 17 heavy (non-hydrogen) atoms. The summed E-state index contributed by atoms with van der Waals surface area (Å²) in [7, 11) is 1.62. The van der Waals surface area contributed by atoms with E-state index in [0.29, 0.717) is 5.56 Å². The number of carbonyl (C=O) groups is 1. The van der Waals surface area contributed by atoms with Gasteiger partial charge in [0.25, 0.3) is 5.91 Å². The molecule has 0 bridgehead atoms. The lowest BCUT2D eigenvalue weighted by atomic mass is 10.1. The minimum Gasteiger partial charge on any atom is -0.355 e. The number of benzene rings is 1. The second-order valence-electron chi connectivity index (χ2n) is 3.93. The van der Waals surface area contributed by atoms with Gasteiger partial charge < -0.3 is 5.32 Å². The first kappa shape index (κ1) is 11.3. The number of amides is 1. The summed E-state index contributed by atoms with van der Waals surface area (Å²) in [5.41, 5.74) is 3.22. The first-order valence-corrected chi connectivity index (χ1v) is 5.41. The second-order valence-corrected chi connectivity index (χ2v) is 3.93. The molecule has 1 aromatic carbocycles. The Morgan fingerprint density at radius 1 is 1.29 bits per heavy atom. The van der Waals surface area contributed by atoms with E-state index >= 15 is 0 Å². The van der Waals surface area contributed by atoms with Crippen molar-refractivity contribution >= 4 is 22.4 Å². The van der Waals surface area contributed by atoms with E-state index in [2.05, 4.69) is 16.9 Å². The molecule has 0 aliphatic rings. The average Bonchev–Trinajstić information content (AvgIpc) is 2.36. The van der Waals surface area contributed by atoms with E-state index in [9.17, 15) is 4.79 Å². The molecule has 1 heterocycles. The van der Waals surface area contributed by atoms with E-state index in [1.54, 1.807) is 13.1 Å². The number of hydrogen-bond acceptors (Lipinski definition) is 2. The van der Waals surface area contributed by atoms with Crippen LogP contribution in [0.25, 0.3) is 16.5 Å². The van der Waals surface area contributed by atoms with Crippen molar-refractivity contribution in [1.82, 2.24) is 10.3 Å². The van der Waals surface area contributed by atoms with Gasteiger partial charge in [-0.05, 0) is 36.8 Å². The van der Waals surface area contributed by atoms with Crippen LogP contribution in [0, 0.1) is 0 Å². The second kappa shape index (κ2) is 4.37. The molecule has 3 nitrogen and oxygen atoms in total. The first-order chi connectivity index (χ1) is 8.13. The highest BCUT2D eigenvalue weighted by Crippen LogP contribution is 2.19. The number of pyridine rings is 1. The SMILES string of the molecule is C=C(C)c1ccc2c(C(=O)NC)cccc2n1. The minimum absolute atomic E-state index is 0.0968. The van der Waals surface area contributed by atoms with Crippen LogP contribution in [-0.2, 0) is 0 Å². The van der Waals surface area contributed by atoms with Crippen molar-refractivity contribution in [3.63, 3.8) is 0 Å². The molecule has 1 amide bonds. The zero-order chi connectivity index (χ0) is 12.4. The number of allylic oxidation sites excluding steroid dienone is 1. The van der Waals surface area contributed by atoms with Crippen LogP contribution < -0.4 is 5.32 Å². The molecule has 0 atom stereocenters. The van der Waals surface area contributed by atoms with Gasteiger partial charge in [-0.15, -0.1) is 0 Å². The Kier molecular flexibility index (Phi) is 2.91. The molecule has 0 saturated carbocycles. The molecular weight excluding hydrogens is 212 g/mol. The van der Waals surface area contributed by atoms with Gasteiger partial charge in [0.1, 0.15) is 0 Å². The Labute approximate surface area is 100 Å². The maximum atomic E-state index is 11.7. The molecule has 0 aliphatic carbocycles. The van der Waals surface area contributed by atoms with Gasteiger partial charge in [-0.3, -0.25) is 4.79 Å². The maximum absolute atomic E-state index is 11.7. The molecule has 0 saturated heterocycles. The van der Waals surface area contributed by atoms with Crippen LogP contribution in [0.5, 0.6) is 0 Å². The maximum Gasteiger partial charge on any atom is 0.251 e. The Morgan fingerprint density at radius 3 is 2.71 bits per heavy atom. The third kappa shape index (κ3) is 2.04. The zero-order valence-corrected chi connectivity index (χ0v) is 9.95. The van der Waals surface area contributed by atoms with Crippen molar-refractivity contribution in [2.24, 2.45) is 0 Å². The smallest absolute Gasteiger partial charge is 0.251 e. The molecule has 0 spiro atoms. The summed E-state index contributed by atoms with van der Waals surface area (Å²) in [6.07, 6.45) is 0. The monoisotopic (exact) mass is 226 g/mol. The number of hydrogen-bond donors (Lipinski definition) is 1. The van der Waals surface area contributed by atoms with Crippen LogP contribution >= 0.6 is 0 Å². The van der Waals surface area contributed by atoms with Crippen molar-refractivity contribution in [3.8, 4) is 0 Å². The standard InChI is InChI=1S/C14H14N2O/c1-9(2)12-8-7-10-11(14(17)15-3)5-4-6-13(10)16-12/h4-8H,1H2,2-3H3,(H,15,17). The molecule has 1 N–H and O–H groups in total. The van der Waals surface area contributed by atoms with Crippen LogP contribution in [0.1, 0.15) is 23.0 Å². The van der Waals surface area contributed by atoms with E-state index in [4.69, 9.17) is 0 Å². The zero-order valence-electron chi connectivity index (χ0n) is 9.95. The third-order valence-electron chi connectivity index (χ3n) is 2.64. The predicted octanol–water partition coefficient (Wildman–Crippen LogP) is 2.63. The topological polar surface area (TPSA) is 42.0 Å². The number of aromatic nitrogens is 1. The van der Waals surface area contributed by atoms with Gasteiger partial charge in [0.05, 0.1) is 11.2 Å². The lowest BCUT2D eigenvalue weighted by molar-refractivity contribution is 0.0964. The number of carbonyl (C=O) groups excluding carboxylic acids is 1. The molecule has 3 heteroatoms. The summed E-state index contributed by atoms with van der Waals surface area (Å²) in [5, 5.41) is 3.48. The van der Waals surface area contributed by atoms with Crippen molar-refractivity contribution in [3.05, 3.63) is 48.2 Å². The molecule has 0 unspecified atom stereocenters. The van der Waals surface area contributed by atoms with Crippen molar-refractivity contribution < 1.29 is 4.79 Å². The predicted molar refractivity (Wildman–Crippen MR) is 69.8 cm³/mol. The van der Waals surface area contributed by atoms with E-state index in [1.165, 1.54) is 0 Å². The van der Waals surface area contributed by atoms with E-state index in [-0.39, 0.29) is 5.91 Å². The van der Waals surface area contributed by atoms with Gasteiger partial charge >= 0.3 is 0 Å². The molecule has 2 aromatic rings. The van der Waals surface area contributed by atoms with Gasteiger partial charge in [0.2, 0.25) is 0 Å². The largest absolute Gasteiger partial charge is 0.355 e. The lowest BCUT2D eigenvalue weighted by Gasteiger charge is -2.06. The van der Waals surface area contributed by atoms with E-state index < -0.39 is 0 Å². The number of fused-ring (bicyclic) bond motifs is 1. The van der Waals surface area contributed by atoms with Crippen LogP contribution in [0.4, 0.5) is 0 Å². The fourth-order valence-electron chi connectivity index (χ4n) is 1.73. The van der Waals surface area contributed by atoms with Gasteiger partial charge in [-0.2, -0.15) is 0 Å². The lowest BCUT2D eigenvalue weighted by Crippen LogP contribution is -2.18. The van der Waals surface area contributed by atoms with Crippen LogP contribution in [0.3, 0.4) is 0 Å².